The first kappa shape index (κ1) is 13.6. The van der Waals surface area contributed by atoms with E-state index in [4.69, 9.17) is 0 Å². The summed E-state index contributed by atoms with van der Waals surface area (Å²) in [7, 11) is 2.09. The van der Waals surface area contributed by atoms with Crippen LogP contribution < -0.4 is 5.32 Å². The van der Waals surface area contributed by atoms with Gasteiger partial charge in [-0.25, -0.2) is 0 Å². The number of nitrogens with one attached hydrogen (secondary N) is 1. The number of benzene rings is 1. The molecule has 1 unspecified atom stereocenters. The Morgan fingerprint density at radius 3 is 2.22 bits per heavy atom. The first-order chi connectivity index (χ1) is 8.36. The summed E-state index contributed by atoms with van der Waals surface area (Å²) in [6.07, 6.45) is 1.11. The molecule has 1 aliphatic rings. The van der Waals surface area contributed by atoms with Gasteiger partial charge >= 0.3 is 0 Å². The maximum absolute atomic E-state index is 3.54. The first-order valence-electron chi connectivity index (χ1n) is 7.12. The predicted octanol–water partition coefficient (Wildman–Crippen LogP) is 4.19. The van der Waals surface area contributed by atoms with Gasteiger partial charge in [-0.2, -0.15) is 0 Å². The summed E-state index contributed by atoms with van der Waals surface area (Å²) in [5.41, 5.74) is 3.72. The van der Waals surface area contributed by atoms with Crippen LogP contribution in [0.4, 0.5) is 0 Å². The van der Waals surface area contributed by atoms with E-state index >= 15 is 0 Å². The highest BCUT2D eigenvalue weighted by Crippen LogP contribution is 2.72. The second kappa shape index (κ2) is 4.38. The van der Waals surface area contributed by atoms with Crippen LogP contribution in [0.5, 0.6) is 0 Å². The zero-order valence-electron chi connectivity index (χ0n) is 12.7. The Morgan fingerprint density at radius 2 is 1.78 bits per heavy atom. The number of hydrogen-bond donors (Lipinski definition) is 1. The van der Waals surface area contributed by atoms with Gasteiger partial charge in [0.05, 0.1) is 0 Å². The van der Waals surface area contributed by atoms with Crippen molar-refractivity contribution >= 4 is 0 Å². The summed E-state index contributed by atoms with van der Waals surface area (Å²) in [4.78, 5) is 0. The summed E-state index contributed by atoms with van der Waals surface area (Å²) >= 11 is 0. The molecule has 18 heavy (non-hydrogen) atoms. The molecule has 1 aromatic carbocycles. The molecule has 1 nitrogen and oxygen atoms in total. The van der Waals surface area contributed by atoms with Gasteiger partial charge in [-0.15, -0.1) is 0 Å². The van der Waals surface area contributed by atoms with Crippen molar-refractivity contribution in [3.8, 4) is 0 Å². The van der Waals surface area contributed by atoms with Gasteiger partial charge in [-0.05, 0) is 41.3 Å². The second-order valence-electron chi connectivity index (χ2n) is 6.79. The third-order valence-electron chi connectivity index (χ3n) is 5.50. The van der Waals surface area contributed by atoms with E-state index in [2.05, 4.69) is 71.2 Å². The van der Waals surface area contributed by atoms with E-state index in [9.17, 15) is 0 Å². The summed E-state index contributed by atoms with van der Waals surface area (Å²) < 4.78 is 0. The van der Waals surface area contributed by atoms with Crippen molar-refractivity contribution in [3.63, 3.8) is 0 Å². The molecule has 1 fully saturated rings. The average Bonchev–Trinajstić information content (AvgIpc) is 2.73. The van der Waals surface area contributed by atoms with Crippen molar-refractivity contribution in [2.24, 2.45) is 16.7 Å². The number of rotatable bonds is 4. The molecule has 1 aliphatic carbocycles. The normalized spacial score (nSPS) is 22.8. The SMILES string of the molecule is CCc1cccc(C(NC)C2C(C)(C)C2(C)C)c1. The molecule has 1 saturated carbocycles. The van der Waals surface area contributed by atoms with E-state index in [-0.39, 0.29) is 0 Å². The van der Waals surface area contributed by atoms with Gasteiger partial charge in [0.25, 0.3) is 0 Å². The molecule has 0 spiro atoms. The number of hydrogen-bond acceptors (Lipinski definition) is 1. The minimum atomic E-state index is 0.420. The average molecular weight is 245 g/mol. The fourth-order valence-corrected chi connectivity index (χ4v) is 3.61. The van der Waals surface area contributed by atoms with Crippen molar-refractivity contribution in [1.82, 2.24) is 5.32 Å². The van der Waals surface area contributed by atoms with E-state index in [0.29, 0.717) is 22.8 Å². The van der Waals surface area contributed by atoms with Gasteiger partial charge < -0.3 is 5.32 Å². The molecule has 0 amide bonds. The monoisotopic (exact) mass is 245 g/mol. The fraction of sp³-hybridized carbons (Fsp3) is 0.647. The van der Waals surface area contributed by atoms with Crippen molar-refractivity contribution in [2.75, 3.05) is 7.05 Å². The van der Waals surface area contributed by atoms with E-state index in [1.54, 1.807) is 0 Å². The molecule has 0 saturated heterocycles. The summed E-state index contributed by atoms with van der Waals surface area (Å²) in [5.74, 6) is 0.710. The first-order valence-corrected chi connectivity index (χ1v) is 7.12. The number of aryl methyl sites for hydroxylation is 1. The molecule has 0 aliphatic heterocycles. The van der Waals surface area contributed by atoms with Gasteiger partial charge in [0.1, 0.15) is 0 Å². The molecule has 0 radical (unpaired) electrons. The third-order valence-corrected chi connectivity index (χ3v) is 5.50. The zero-order chi connectivity index (χ0) is 13.6. The largest absolute Gasteiger partial charge is 0.313 e. The van der Waals surface area contributed by atoms with Crippen LogP contribution in [0.15, 0.2) is 24.3 Å². The van der Waals surface area contributed by atoms with E-state index in [1.807, 2.05) is 0 Å². The van der Waals surface area contributed by atoms with Crippen LogP contribution in [-0.2, 0) is 6.42 Å². The van der Waals surface area contributed by atoms with Crippen LogP contribution in [0.2, 0.25) is 0 Å². The highest BCUT2D eigenvalue weighted by molar-refractivity contribution is 5.31. The minimum absolute atomic E-state index is 0.420. The quantitative estimate of drug-likeness (QED) is 0.838. The minimum Gasteiger partial charge on any atom is -0.313 e. The topological polar surface area (TPSA) is 12.0 Å². The standard InChI is InChI=1S/C17H27N/c1-7-12-9-8-10-13(11-12)14(18-6)15-16(2,3)17(15,4)5/h8-11,14-15,18H,7H2,1-6H3. The lowest BCUT2D eigenvalue weighted by Gasteiger charge is -2.20. The Kier molecular flexibility index (Phi) is 3.31. The van der Waals surface area contributed by atoms with Crippen molar-refractivity contribution in [1.29, 1.82) is 0 Å². The van der Waals surface area contributed by atoms with Gasteiger partial charge in [-0.1, -0.05) is 58.9 Å². The molecular weight excluding hydrogens is 218 g/mol. The molecule has 1 atom stereocenters. The third kappa shape index (κ3) is 1.89. The Bertz CT molecular complexity index is 417. The zero-order valence-corrected chi connectivity index (χ0v) is 12.7. The molecular formula is C17H27N. The lowest BCUT2D eigenvalue weighted by Crippen LogP contribution is -2.21. The van der Waals surface area contributed by atoms with Gasteiger partial charge in [0, 0.05) is 6.04 Å². The fourth-order valence-electron chi connectivity index (χ4n) is 3.61. The maximum atomic E-state index is 3.54. The van der Waals surface area contributed by atoms with Crippen LogP contribution in [0.25, 0.3) is 0 Å². The molecule has 0 bridgehead atoms. The van der Waals surface area contributed by atoms with Crippen LogP contribution in [0, 0.1) is 16.7 Å². The maximum Gasteiger partial charge on any atom is 0.0356 e. The molecule has 1 N–H and O–H groups in total. The Morgan fingerprint density at radius 1 is 1.17 bits per heavy atom. The Balaban J connectivity index is 2.30. The lowest BCUT2D eigenvalue weighted by molar-refractivity contribution is 0.437. The highest BCUT2D eigenvalue weighted by Gasteiger charge is 2.67. The van der Waals surface area contributed by atoms with Gasteiger partial charge in [0.15, 0.2) is 0 Å². The van der Waals surface area contributed by atoms with E-state index in [1.165, 1.54) is 11.1 Å². The van der Waals surface area contributed by atoms with Crippen molar-refractivity contribution in [2.45, 2.75) is 47.1 Å². The predicted molar refractivity (Wildman–Crippen MR) is 78.7 cm³/mol. The Hall–Kier alpha value is -0.820. The molecule has 100 valence electrons. The Labute approximate surface area is 112 Å². The van der Waals surface area contributed by atoms with Gasteiger partial charge in [0.2, 0.25) is 0 Å². The summed E-state index contributed by atoms with van der Waals surface area (Å²) in [6.45, 7) is 11.8. The van der Waals surface area contributed by atoms with Crippen molar-refractivity contribution in [3.05, 3.63) is 35.4 Å². The van der Waals surface area contributed by atoms with Crippen LogP contribution >= 0.6 is 0 Å². The summed E-state index contributed by atoms with van der Waals surface area (Å²) in [5, 5.41) is 3.54. The molecule has 2 rings (SSSR count). The van der Waals surface area contributed by atoms with Crippen LogP contribution in [0.3, 0.4) is 0 Å². The molecule has 1 heteroatoms. The van der Waals surface area contributed by atoms with Gasteiger partial charge in [-0.3, -0.25) is 0 Å². The van der Waals surface area contributed by atoms with Crippen LogP contribution in [0.1, 0.15) is 51.8 Å². The smallest absolute Gasteiger partial charge is 0.0356 e. The van der Waals surface area contributed by atoms with E-state index in [0.717, 1.165) is 6.42 Å². The highest BCUT2D eigenvalue weighted by atomic mass is 14.9. The molecule has 0 aromatic heterocycles. The van der Waals surface area contributed by atoms with Crippen molar-refractivity contribution < 1.29 is 0 Å². The molecule has 0 heterocycles. The lowest BCUT2D eigenvalue weighted by atomic mass is 9.95. The molecule has 1 aromatic rings. The summed E-state index contributed by atoms with van der Waals surface area (Å²) in [6, 6.07) is 9.53. The second-order valence-corrected chi connectivity index (χ2v) is 6.79. The van der Waals surface area contributed by atoms with E-state index < -0.39 is 0 Å². The van der Waals surface area contributed by atoms with Crippen LogP contribution in [-0.4, -0.2) is 7.05 Å².